The lowest BCUT2D eigenvalue weighted by Gasteiger charge is -2.09. The maximum atomic E-state index is 5.86. The topological polar surface area (TPSA) is 53.6 Å². The van der Waals surface area contributed by atoms with Crippen LogP contribution in [0.3, 0.4) is 0 Å². The number of rotatable bonds is 9. The summed E-state index contributed by atoms with van der Waals surface area (Å²) in [5.74, 6) is 0.545. The predicted molar refractivity (Wildman–Crippen MR) is 91.3 cm³/mol. The zero-order valence-electron chi connectivity index (χ0n) is 13.7. The fourth-order valence-corrected chi connectivity index (χ4v) is 2.12. The van der Waals surface area contributed by atoms with E-state index in [9.17, 15) is 0 Å². The minimum absolute atomic E-state index is 0.545. The highest BCUT2D eigenvalue weighted by Gasteiger charge is 1.97. The van der Waals surface area contributed by atoms with Crippen LogP contribution < -0.4 is 11.1 Å². The van der Waals surface area contributed by atoms with Gasteiger partial charge in [-0.15, -0.1) is 0 Å². The number of guanidine groups is 1. The van der Waals surface area contributed by atoms with Gasteiger partial charge < -0.3 is 16.0 Å². The molecule has 4 nitrogen and oxygen atoms in total. The van der Waals surface area contributed by atoms with Crippen molar-refractivity contribution >= 4 is 5.96 Å². The van der Waals surface area contributed by atoms with E-state index in [2.05, 4.69) is 60.5 Å². The molecule has 0 heterocycles. The van der Waals surface area contributed by atoms with Gasteiger partial charge in [-0.1, -0.05) is 50.5 Å². The van der Waals surface area contributed by atoms with E-state index in [0.29, 0.717) is 12.5 Å². The molecule has 0 aliphatic carbocycles. The number of nitrogens with one attached hydrogen (secondary N) is 1. The average Bonchev–Trinajstić information content (AvgIpc) is 2.46. The van der Waals surface area contributed by atoms with Gasteiger partial charge in [0.2, 0.25) is 0 Å². The lowest BCUT2D eigenvalue weighted by atomic mass is 10.1. The normalized spacial score (nSPS) is 11.9. The fraction of sp³-hybridized carbons (Fsp3) is 0.588. The van der Waals surface area contributed by atoms with Crippen molar-refractivity contribution in [2.24, 2.45) is 10.7 Å². The molecule has 118 valence electrons. The molecule has 0 spiro atoms. The second kappa shape index (κ2) is 10.2. The van der Waals surface area contributed by atoms with E-state index in [0.717, 1.165) is 19.5 Å². The Balaban J connectivity index is 2.30. The van der Waals surface area contributed by atoms with Crippen LogP contribution in [0.5, 0.6) is 0 Å². The maximum Gasteiger partial charge on any atom is 0.188 e. The summed E-state index contributed by atoms with van der Waals surface area (Å²) in [6.45, 7) is 4.73. The number of unbranched alkanes of at least 4 members (excludes halogenated alkanes) is 3. The van der Waals surface area contributed by atoms with Gasteiger partial charge in [0.25, 0.3) is 0 Å². The van der Waals surface area contributed by atoms with Gasteiger partial charge in [0.05, 0.1) is 6.54 Å². The van der Waals surface area contributed by atoms with Crippen molar-refractivity contribution in [1.82, 2.24) is 10.2 Å². The Morgan fingerprint density at radius 3 is 2.38 bits per heavy atom. The van der Waals surface area contributed by atoms with Crippen LogP contribution in [0.4, 0.5) is 0 Å². The summed E-state index contributed by atoms with van der Waals surface area (Å²) in [6, 6.07) is 8.55. The van der Waals surface area contributed by atoms with Crippen molar-refractivity contribution in [2.45, 2.75) is 45.7 Å². The average molecular weight is 290 g/mol. The van der Waals surface area contributed by atoms with Crippen molar-refractivity contribution in [3.8, 4) is 0 Å². The van der Waals surface area contributed by atoms with Gasteiger partial charge >= 0.3 is 0 Å². The number of benzene rings is 1. The van der Waals surface area contributed by atoms with Gasteiger partial charge in [-0.05, 0) is 31.6 Å². The molecule has 0 aliphatic rings. The Morgan fingerprint density at radius 1 is 1.10 bits per heavy atom. The third-order valence-electron chi connectivity index (χ3n) is 3.29. The lowest BCUT2D eigenvalue weighted by molar-refractivity contribution is 0.402. The first-order valence-electron chi connectivity index (χ1n) is 7.88. The second-order valence-electron chi connectivity index (χ2n) is 5.74. The third-order valence-corrected chi connectivity index (χ3v) is 3.29. The molecule has 1 rings (SSSR count). The van der Waals surface area contributed by atoms with E-state index in [1.807, 2.05) is 0 Å². The van der Waals surface area contributed by atoms with Crippen LogP contribution in [0, 0.1) is 0 Å². The first-order valence-corrected chi connectivity index (χ1v) is 7.88. The molecule has 1 aromatic carbocycles. The minimum Gasteiger partial charge on any atom is -0.370 e. The quantitative estimate of drug-likeness (QED) is 0.418. The summed E-state index contributed by atoms with van der Waals surface area (Å²) in [7, 11) is 4.15. The first-order chi connectivity index (χ1) is 10.1. The Hall–Kier alpha value is -1.55. The number of nitrogens with two attached hydrogens (primary N) is 1. The summed E-state index contributed by atoms with van der Waals surface area (Å²) in [6.07, 6.45) is 4.96. The molecule has 4 heteroatoms. The molecular formula is C17H30N4. The van der Waals surface area contributed by atoms with Gasteiger partial charge in [-0.25, -0.2) is 4.99 Å². The van der Waals surface area contributed by atoms with Crippen LogP contribution >= 0.6 is 0 Å². The van der Waals surface area contributed by atoms with Crippen LogP contribution in [-0.4, -0.2) is 31.5 Å². The first kappa shape index (κ1) is 17.5. The van der Waals surface area contributed by atoms with Crippen molar-refractivity contribution < 1.29 is 0 Å². The number of nitrogens with zero attached hydrogens (tertiary/aromatic N) is 2. The maximum absolute atomic E-state index is 5.86. The van der Waals surface area contributed by atoms with Gasteiger partial charge in [-0.3, -0.25) is 0 Å². The molecule has 21 heavy (non-hydrogen) atoms. The smallest absolute Gasteiger partial charge is 0.188 e. The molecule has 0 amide bonds. The molecule has 0 saturated heterocycles. The molecule has 1 aromatic rings. The molecule has 3 N–H and O–H groups in total. The van der Waals surface area contributed by atoms with E-state index < -0.39 is 0 Å². The lowest BCUT2D eigenvalue weighted by Crippen LogP contribution is -2.32. The van der Waals surface area contributed by atoms with Gasteiger partial charge in [0.1, 0.15) is 0 Å². The van der Waals surface area contributed by atoms with E-state index in [1.165, 1.54) is 30.4 Å². The summed E-state index contributed by atoms with van der Waals surface area (Å²) in [5.41, 5.74) is 8.37. The highest BCUT2D eigenvalue weighted by atomic mass is 15.1. The van der Waals surface area contributed by atoms with Crippen molar-refractivity contribution in [2.75, 3.05) is 20.6 Å². The van der Waals surface area contributed by atoms with Crippen LogP contribution in [0.15, 0.2) is 29.3 Å². The summed E-state index contributed by atoms with van der Waals surface area (Å²) in [4.78, 5) is 6.54. The number of hydrogen-bond acceptors (Lipinski definition) is 2. The summed E-state index contributed by atoms with van der Waals surface area (Å²) in [5, 5.41) is 3.17. The molecular weight excluding hydrogens is 260 g/mol. The van der Waals surface area contributed by atoms with Crippen molar-refractivity contribution in [1.29, 1.82) is 0 Å². The molecule has 0 atom stereocenters. The predicted octanol–water partition coefficient (Wildman–Crippen LogP) is 2.73. The molecule has 0 radical (unpaired) electrons. The molecule has 0 fully saturated rings. The van der Waals surface area contributed by atoms with Crippen LogP contribution in [-0.2, 0) is 13.1 Å². The zero-order chi connectivity index (χ0) is 15.5. The van der Waals surface area contributed by atoms with Crippen molar-refractivity contribution in [3.63, 3.8) is 0 Å². The monoisotopic (exact) mass is 290 g/mol. The standard InChI is InChI=1S/C17H30N4/c1-4-5-6-7-12-19-17(18)20-13-15-8-10-16(11-9-15)14-21(2)3/h8-11H,4-7,12-14H2,1-3H3,(H3,18,19,20). The Morgan fingerprint density at radius 2 is 1.76 bits per heavy atom. The van der Waals surface area contributed by atoms with E-state index >= 15 is 0 Å². The van der Waals surface area contributed by atoms with Crippen LogP contribution in [0.25, 0.3) is 0 Å². The third kappa shape index (κ3) is 8.35. The zero-order valence-corrected chi connectivity index (χ0v) is 13.7. The number of hydrogen-bond donors (Lipinski definition) is 2. The van der Waals surface area contributed by atoms with Gasteiger partial charge in [-0.2, -0.15) is 0 Å². The summed E-state index contributed by atoms with van der Waals surface area (Å²) >= 11 is 0. The molecule has 0 saturated carbocycles. The van der Waals surface area contributed by atoms with Gasteiger partial charge in [0.15, 0.2) is 5.96 Å². The molecule has 0 aromatic heterocycles. The van der Waals surface area contributed by atoms with Crippen LogP contribution in [0.1, 0.15) is 43.7 Å². The van der Waals surface area contributed by atoms with Gasteiger partial charge in [0, 0.05) is 13.1 Å². The second-order valence-corrected chi connectivity index (χ2v) is 5.74. The highest BCUT2D eigenvalue weighted by Crippen LogP contribution is 2.07. The summed E-state index contributed by atoms with van der Waals surface area (Å²) < 4.78 is 0. The van der Waals surface area contributed by atoms with Crippen molar-refractivity contribution in [3.05, 3.63) is 35.4 Å². The molecule has 0 unspecified atom stereocenters. The fourth-order valence-electron chi connectivity index (χ4n) is 2.12. The Kier molecular flexibility index (Phi) is 8.51. The van der Waals surface area contributed by atoms with Crippen LogP contribution in [0.2, 0.25) is 0 Å². The van der Waals surface area contributed by atoms with E-state index in [4.69, 9.17) is 5.73 Å². The Labute approximate surface area is 129 Å². The SMILES string of the molecule is CCCCCCNC(N)=NCc1ccc(CN(C)C)cc1. The molecule has 0 aliphatic heterocycles. The Bertz CT molecular complexity index is 409. The molecule has 0 bridgehead atoms. The highest BCUT2D eigenvalue weighted by molar-refractivity contribution is 5.77. The van der Waals surface area contributed by atoms with E-state index in [-0.39, 0.29) is 0 Å². The minimum atomic E-state index is 0.545. The van der Waals surface area contributed by atoms with E-state index in [1.54, 1.807) is 0 Å². The number of aliphatic imine (C=N–C) groups is 1. The largest absolute Gasteiger partial charge is 0.370 e.